The first kappa shape index (κ1) is 18.6. The maximum Gasteiger partial charge on any atom is 0.280 e. The van der Waals surface area contributed by atoms with Crippen LogP contribution in [0.1, 0.15) is 24.8 Å². The average molecular weight is 384 g/mol. The van der Waals surface area contributed by atoms with E-state index in [9.17, 15) is 4.79 Å². The van der Waals surface area contributed by atoms with Crippen LogP contribution in [-0.4, -0.2) is 37.8 Å². The Balaban J connectivity index is 0.00000210. The molecular weight excluding hydrogens is 366 g/mol. The van der Waals surface area contributed by atoms with E-state index in [1.807, 2.05) is 12.1 Å². The van der Waals surface area contributed by atoms with Crippen molar-refractivity contribution in [3.8, 4) is 23.0 Å². The lowest BCUT2D eigenvalue weighted by Gasteiger charge is -2.27. The molecule has 9 heteroatoms. The third kappa shape index (κ3) is 3.68. The number of nitrogens with zero attached hydrogens (tertiary/aromatic N) is 6. The summed E-state index contributed by atoms with van der Waals surface area (Å²) in [6, 6.07) is 5.49. The van der Waals surface area contributed by atoms with E-state index in [4.69, 9.17) is 5.26 Å². The summed E-state index contributed by atoms with van der Waals surface area (Å²) in [6.07, 6.45) is 9.64. The van der Waals surface area contributed by atoms with E-state index in [2.05, 4.69) is 25.0 Å². The number of hydrogen-bond donors (Lipinski definition) is 1. The molecule has 0 unspecified atom stereocenters. The largest absolute Gasteiger partial charge is 0.356 e. The van der Waals surface area contributed by atoms with Crippen LogP contribution in [0.2, 0.25) is 0 Å². The summed E-state index contributed by atoms with van der Waals surface area (Å²) in [7, 11) is 0. The second kappa shape index (κ2) is 8.01. The van der Waals surface area contributed by atoms with E-state index >= 15 is 0 Å². The Kier molecular flexibility index (Phi) is 5.52. The zero-order valence-corrected chi connectivity index (χ0v) is 15.3. The van der Waals surface area contributed by atoms with Gasteiger partial charge in [0.25, 0.3) is 5.56 Å². The predicted octanol–water partition coefficient (Wildman–Crippen LogP) is 2.30. The highest BCUT2D eigenvalue weighted by Crippen LogP contribution is 2.19. The smallest absolute Gasteiger partial charge is 0.280 e. The van der Waals surface area contributed by atoms with Gasteiger partial charge in [-0.3, -0.25) is 14.9 Å². The molecule has 3 aromatic rings. The molecule has 138 valence electrons. The van der Waals surface area contributed by atoms with Crippen molar-refractivity contribution in [3.63, 3.8) is 0 Å². The standard InChI is InChI=1S/C18H17N7O.ClH/c19-8-13-6-14(10-20-9-13)15-11-23-25(18(15)26)17-7-16(21-12-22-17)24-4-2-1-3-5-24;/h6-7,9-12,23H,1-5H2;1H. The van der Waals surface area contributed by atoms with Crippen molar-refractivity contribution in [2.45, 2.75) is 19.3 Å². The van der Waals surface area contributed by atoms with Gasteiger partial charge in [-0.1, -0.05) is 0 Å². The van der Waals surface area contributed by atoms with Crippen molar-refractivity contribution in [1.29, 1.82) is 5.26 Å². The van der Waals surface area contributed by atoms with Crippen LogP contribution in [-0.2, 0) is 0 Å². The minimum atomic E-state index is -0.245. The Hall–Kier alpha value is -3.18. The number of nitriles is 1. The molecule has 1 N–H and O–H groups in total. The Labute approximate surface area is 161 Å². The molecule has 0 amide bonds. The molecule has 1 aliphatic rings. The molecule has 1 aliphatic heterocycles. The molecule has 0 aliphatic carbocycles. The first-order valence-corrected chi connectivity index (χ1v) is 8.49. The number of hydrogen-bond acceptors (Lipinski definition) is 6. The first-order valence-electron chi connectivity index (χ1n) is 8.49. The number of anilines is 1. The van der Waals surface area contributed by atoms with Crippen molar-refractivity contribution >= 4 is 18.2 Å². The van der Waals surface area contributed by atoms with Gasteiger partial charge in [-0.05, 0) is 25.3 Å². The minimum Gasteiger partial charge on any atom is -0.356 e. The number of pyridine rings is 1. The van der Waals surface area contributed by atoms with Gasteiger partial charge in [-0.2, -0.15) is 5.26 Å². The Morgan fingerprint density at radius 1 is 1.07 bits per heavy atom. The van der Waals surface area contributed by atoms with E-state index in [0.717, 1.165) is 31.7 Å². The quantitative estimate of drug-likeness (QED) is 0.744. The molecule has 8 nitrogen and oxygen atoms in total. The molecule has 0 saturated carbocycles. The number of aromatic nitrogens is 5. The van der Waals surface area contributed by atoms with Crippen LogP contribution in [0.25, 0.3) is 16.9 Å². The lowest BCUT2D eigenvalue weighted by atomic mass is 10.1. The lowest BCUT2D eigenvalue weighted by molar-refractivity contribution is 0.572. The highest BCUT2D eigenvalue weighted by molar-refractivity contribution is 5.85. The van der Waals surface area contributed by atoms with Crippen LogP contribution >= 0.6 is 12.4 Å². The highest BCUT2D eigenvalue weighted by Gasteiger charge is 2.16. The minimum absolute atomic E-state index is 0. The maximum atomic E-state index is 12.8. The molecule has 4 heterocycles. The SMILES string of the molecule is Cl.N#Cc1cncc(-c2c[nH]n(-c3cc(N4CCCCC4)ncn3)c2=O)c1. The van der Waals surface area contributed by atoms with Crippen molar-refractivity contribution in [2.24, 2.45) is 0 Å². The van der Waals surface area contributed by atoms with Crippen molar-refractivity contribution in [2.75, 3.05) is 18.0 Å². The molecule has 0 radical (unpaired) electrons. The van der Waals surface area contributed by atoms with Gasteiger partial charge in [0.15, 0.2) is 5.82 Å². The topological polar surface area (TPSA) is 103 Å². The van der Waals surface area contributed by atoms with Crippen LogP contribution in [0.5, 0.6) is 0 Å². The fourth-order valence-corrected chi connectivity index (χ4v) is 3.15. The van der Waals surface area contributed by atoms with Gasteiger partial charge in [0.05, 0.1) is 11.1 Å². The summed E-state index contributed by atoms with van der Waals surface area (Å²) >= 11 is 0. The summed E-state index contributed by atoms with van der Waals surface area (Å²) in [4.78, 5) is 27.6. The summed E-state index contributed by atoms with van der Waals surface area (Å²) < 4.78 is 1.38. The van der Waals surface area contributed by atoms with Crippen molar-refractivity contribution in [1.82, 2.24) is 24.7 Å². The molecule has 0 bridgehead atoms. The molecule has 0 aromatic carbocycles. The number of piperidine rings is 1. The monoisotopic (exact) mass is 383 g/mol. The second-order valence-electron chi connectivity index (χ2n) is 6.18. The summed E-state index contributed by atoms with van der Waals surface area (Å²) in [5, 5.41) is 12.0. The Morgan fingerprint density at radius 3 is 2.63 bits per heavy atom. The van der Waals surface area contributed by atoms with Crippen molar-refractivity contribution in [3.05, 3.63) is 53.0 Å². The van der Waals surface area contributed by atoms with Crippen LogP contribution in [0.3, 0.4) is 0 Å². The van der Waals surface area contributed by atoms with Gasteiger partial charge in [-0.25, -0.2) is 14.6 Å². The molecular formula is C18H18ClN7O. The Bertz CT molecular complexity index is 1030. The second-order valence-corrected chi connectivity index (χ2v) is 6.18. The van der Waals surface area contributed by atoms with Gasteiger partial charge in [-0.15, -0.1) is 12.4 Å². The average Bonchev–Trinajstić information content (AvgIpc) is 3.10. The van der Waals surface area contributed by atoms with Crippen LogP contribution in [0.15, 0.2) is 41.8 Å². The highest BCUT2D eigenvalue weighted by atomic mass is 35.5. The molecule has 27 heavy (non-hydrogen) atoms. The number of aromatic amines is 1. The fourth-order valence-electron chi connectivity index (χ4n) is 3.15. The van der Waals surface area contributed by atoms with E-state index in [1.165, 1.54) is 23.6 Å². The zero-order chi connectivity index (χ0) is 17.9. The van der Waals surface area contributed by atoms with Crippen LogP contribution in [0.4, 0.5) is 5.82 Å². The number of nitrogens with one attached hydrogen (secondary N) is 1. The number of rotatable bonds is 3. The summed E-state index contributed by atoms with van der Waals surface area (Å²) in [5.41, 5.74) is 1.19. The molecule has 0 atom stereocenters. The van der Waals surface area contributed by atoms with E-state index in [-0.39, 0.29) is 18.0 Å². The van der Waals surface area contributed by atoms with Crippen LogP contribution < -0.4 is 10.5 Å². The Morgan fingerprint density at radius 2 is 1.85 bits per heavy atom. The third-order valence-corrected chi connectivity index (χ3v) is 4.50. The lowest BCUT2D eigenvalue weighted by Crippen LogP contribution is -2.30. The molecule has 1 saturated heterocycles. The molecule has 1 fully saturated rings. The maximum absolute atomic E-state index is 12.8. The predicted molar refractivity (Wildman–Crippen MR) is 103 cm³/mol. The normalized spacial score (nSPS) is 13.7. The van der Waals surface area contributed by atoms with Gasteiger partial charge >= 0.3 is 0 Å². The number of H-pyrrole nitrogens is 1. The van der Waals surface area contributed by atoms with Crippen molar-refractivity contribution < 1.29 is 0 Å². The molecule has 0 spiro atoms. The molecule has 4 rings (SSSR count). The fraction of sp³-hybridized carbons (Fsp3) is 0.278. The van der Waals surface area contributed by atoms with E-state index in [1.54, 1.807) is 18.5 Å². The molecule has 3 aromatic heterocycles. The summed E-state index contributed by atoms with van der Waals surface area (Å²) in [6.45, 7) is 1.93. The van der Waals surface area contributed by atoms with E-state index in [0.29, 0.717) is 22.5 Å². The van der Waals surface area contributed by atoms with E-state index < -0.39 is 0 Å². The number of halogens is 1. The van der Waals surface area contributed by atoms with Crippen LogP contribution in [0, 0.1) is 11.3 Å². The zero-order valence-electron chi connectivity index (χ0n) is 14.5. The summed E-state index contributed by atoms with van der Waals surface area (Å²) in [5.74, 6) is 1.31. The van der Waals surface area contributed by atoms with Gasteiger partial charge in [0.1, 0.15) is 18.2 Å². The van der Waals surface area contributed by atoms with Gasteiger partial charge in [0, 0.05) is 43.3 Å². The first-order chi connectivity index (χ1) is 12.8. The third-order valence-electron chi connectivity index (χ3n) is 4.50. The van der Waals surface area contributed by atoms with Gasteiger partial charge < -0.3 is 4.90 Å². The van der Waals surface area contributed by atoms with Gasteiger partial charge in [0.2, 0.25) is 0 Å².